The molecule has 4 rings (SSSR count). The number of anilines is 1. The standard InChI is InChI=1S/C26H30N2O5/c1-3-4-7-15-32-20-9-10-21-22(18-20)26(30)28(25(21)29)19-8-11-23(24(17-19)31-2)33-16-14-27-12-5-6-13-27/h4,7-11,17-18H,3,5-6,12-16H2,1-2H3/b7-4+. The summed E-state index contributed by atoms with van der Waals surface area (Å²) in [7, 11) is 1.55. The Morgan fingerprint density at radius 2 is 1.70 bits per heavy atom. The molecule has 0 N–H and O–H groups in total. The largest absolute Gasteiger partial charge is 0.493 e. The van der Waals surface area contributed by atoms with E-state index in [4.69, 9.17) is 14.2 Å². The Bertz CT molecular complexity index is 1040. The smallest absolute Gasteiger partial charge is 0.266 e. The van der Waals surface area contributed by atoms with Crippen molar-refractivity contribution in [3.63, 3.8) is 0 Å². The molecule has 0 spiro atoms. The molecule has 2 aliphatic heterocycles. The van der Waals surface area contributed by atoms with Crippen LogP contribution in [0.5, 0.6) is 17.2 Å². The van der Waals surface area contributed by atoms with Gasteiger partial charge in [-0.25, -0.2) is 4.90 Å². The Morgan fingerprint density at radius 1 is 0.909 bits per heavy atom. The first-order valence-corrected chi connectivity index (χ1v) is 11.5. The first kappa shape index (κ1) is 22.9. The molecule has 0 aromatic heterocycles. The fourth-order valence-electron chi connectivity index (χ4n) is 4.13. The Hall–Kier alpha value is -3.32. The summed E-state index contributed by atoms with van der Waals surface area (Å²) >= 11 is 0. The summed E-state index contributed by atoms with van der Waals surface area (Å²) in [6.07, 6.45) is 7.34. The molecule has 2 heterocycles. The molecule has 33 heavy (non-hydrogen) atoms. The normalized spacial score (nSPS) is 16.0. The third-order valence-corrected chi connectivity index (χ3v) is 5.88. The topological polar surface area (TPSA) is 68.3 Å². The third-order valence-electron chi connectivity index (χ3n) is 5.88. The Balaban J connectivity index is 1.47. The Kier molecular flexibility index (Phi) is 7.29. The third kappa shape index (κ3) is 5.03. The maximum absolute atomic E-state index is 13.1. The van der Waals surface area contributed by atoms with Gasteiger partial charge in [-0.2, -0.15) is 0 Å². The van der Waals surface area contributed by atoms with Gasteiger partial charge in [-0.15, -0.1) is 0 Å². The van der Waals surface area contributed by atoms with Crippen molar-refractivity contribution in [2.45, 2.75) is 26.2 Å². The van der Waals surface area contributed by atoms with Crippen molar-refractivity contribution in [1.82, 2.24) is 4.90 Å². The van der Waals surface area contributed by atoms with Crippen molar-refractivity contribution >= 4 is 17.5 Å². The van der Waals surface area contributed by atoms with Gasteiger partial charge in [-0.05, 0) is 62.7 Å². The predicted molar refractivity (Wildman–Crippen MR) is 127 cm³/mol. The summed E-state index contributed by atoms with van der Waals surface area (Å²) in [5.41, 5.74) is 1.14. The van der Waals surface area contributed by atoms with Crippen molar-refractivity contribution in [1.29, 1.82) is 0 Å². The highest BCUT2D eigenvalue weighted by Gasteiger charge is 2.37. The van der Waals surface area contributed by atoms with Gasteiger partial charge in [-0.3, -0.25) is 14.5 Å². The number of amides is 2. The molecule has 1 fully saturated rings. The van der Waals surface area contributed by atoms with E-state index in [1.165, 1.54) is 17.7 Å². The second-order valence-corrected chi connectivity index (χ2v) is 8.08. The maximum Gasteiger partial charge on any atom is 0.266 e. The van der Waals surface area contributed by atoms with Crippen molar-refractivity contribution in [2.24, 2.45) is 0 Å². The number of nitrogens with zero attached hydrogens (tertiary/aromatic N) is 2. The van der Waals surface area contributed by atoms with Crippen LogP contribution >= 0.6 is 0 Å². The minimum Gasteiger partial charge on any atom is -0.493 e. The number of carbonyl (C=O) groups is 2. The highest BCUT2D eigenvalue weighted by atomic mass is 16.5. The van der Waals surface area contributed by atoms with E-state index >= 15 is 0 Å². The summed E-state index contributed by atoms with van der Waals surface area (Å²) in [4.78, 5) is 29.6. The number of ether oxygens (including phenoxy) is 3. The van der Waals surface area contributed by atoms with Crippen LogP contribution in [-0.4, -0.2) is 56.7 Å². The average molecular weight is 451 g/mol. The summed E-state index contributed by atoms with van der Waals surface area (Å²) in [6, 6.07) is 10.1. The van der Waals surface area contributed by atoms with E-state index in [1.807, 2.05) is 19.1 Å². The van der Waals surface area contributed by atoms with Crippen molar-refractivity contribution in [3.8, 4) is 17.2 Å². The fourth-order valence-corrected chi connectivity index (χ4v) is 4.13. The SMILES string of the molecule is CC/C=C/COc1ccc2c(c1)C(=O)N(c1ccc(OCCN3CCCC3)c(OC)c1)C2=O. The molecule has 0 aliphatic carbocycles. The van der Waals surface area contributed by atoms with Gasteiger partial charge in [0.25, 0.3) is 11.8 Å². The first-order chi connectivity index (χ1) is 16.1. The van der Waals surface area contributed by atoms with Crippen molar-refractivity contribution in [2.75, 3.05) is 44.9 Å². The number of carbonyl (C=O) groups excluding carboxylic acids is 2. The summed E-state index contributed by atoms with van der Waals surface area (Å²) < 4.78 is 17.1. The number of allylic oxidation sites excluding steroid dienone is 1. The molecule has 2 aromatic carbocycles. The summed E-state index contributed by atoms with van der Waals surface area (Å²) in [5.74, 6) is 0.883. The molecule has 0 unspecified atom stereocenters. The van der Waals surface area contributed by atoms with Crippen LogP contribution < -0.4 is 19.1 Å². The molecule has 2 aromatic rings. The number of methoxy groups -OCH3 is 1. The Labute approximate surface area is 194 Å². The van der Waals surface area contributed by atoms with Gasteiger partial charge in [-0.1, -0.05) is 19.1 Å². The quantitative estimate of drug-likeness (QED) is 0.397. The molecule has 0 bridgehead atoms. The number of rotatable bonds is 10. The lowest BCUT2D eigenvalue weighted by Gasteiger charge is -2.18. The molecule has 0 atom stereocenters. The van der Waals surface area contributed by atoms with Crippen molar-refractivity contribution in [3.05, 3.63) is 59.7 Å². The van der Waals surface area contributed by atoms with Crippen LogP contribution in [0.25, 0.3) is 0 Å². The first-order valence-electron chi connectivity index (χ1n) is 11.5. The molecule has 0 radical (unpaired) electrons. The molecule has 7 nitrogen and oxygen atoms in total. The van der Waals surface area contributed by atoms with Gasteiger partial charge >= 0.3 is 0 Å². The molecular weight excluding hydrogens is 420 g/mol. The highest BCUT2D eigenvalue weighted by molar-refractivity contribution is 6.34. The molecule has 7 heteroatoms. The van der Waals surface area contributed by atoms with E-state index in [9.17, 15) is 9.59 Å². The van der Waals surface area contributed by atoms with Crippen LogP contribution in [0.3, 0.4) is 0 Å². The minimum atomic E-state index is -0.380. The summed E-state index contributed by atoms with van der Waals surface area (Å²) in [6.45, 7) is 6.10. The summed E-state index contributed by atoms with van der Waals surface area (Å²) in [5, 5.41) is 0. The van der Waals surface area contributed by atoms with Crippen LogP contribution in [0.1, 0.15) is 46.9 Å². The lowest BCUT2D eigenvalue weighted by molar-refractivity contribution is 0.0926. The molecular formula is C26H30N2O5. The molecule has 0 saturated carbocycles. The van der Waals surface area contributed by atoms with Crippen LogP contribution in [0, 0.1) is 0 Å². The zero-order chi connectivity index (χ0) is 23.2. The van der Waals surface area contributed by atoms with Gasteiger partial charge in [0, 0.05) is 12.6 Å². The van der Waals surface area contributed by atoms with Gasteiger partial charge in [0.2, 0.25) is 0 Å². The van der Waals surface area contributed by atoms with Gasteiger partial charge < -0.3 is 14.2 Å². The average Bonchev–Trinajstić information content (AvgIpc) is 3.43. The fraction of sp³-hybridized carbons (Fsp3) is 0.385. The van der Waals surface area contributed by atoms with Crippen molar-refractivity contribution < 1.29 is 23.8 Å². The van der Waals surface area contributed by atoms with E-state index in [0.29, 0.717) is 47.3 Å². The second kappa shape index (κ2) is 10.5. The van der Waals surface area contributed by atoms with Crippen LogP contribution in [0.4, 0.5) is 5.69 Å². The maximum atomic E-state index is 13.1. The van der Waals surface area contributed by atoms with Crippen LogP contribution in [-0.2, 0) is 0 Å². The molecule has 174 valence electrons. The minimum absolute atomic E-state index is 0.335. The number of hydrogen-bond donors (Lipinski definition) is 0. The number of likely N-dealkylation sites (tertiary alicyclic amines) is 1. The molecule has 1 saturated heterocycles. The van der Waals surface area contributed by atoms with Gasteiger partial charge in [0.1, 0.15) is 19.0 Å². The van der Waals surface area contributed by atoms with Crippen LogP contribution in [0.15, 0.2) is 48.6 Å². The number of hydrogen-bond acceptors (Lipinski definition) is 6. The molecule has 2 aliphatic rings. The number of fused-ring (bicyclic) bond motifs is 1. The van der Waals surface area contributed by atoms with Crippen LogP contribution in [0.2, 0.25) is 0 Å². The number of imide groups is 1. The van der Waals surface area contributed by atoms with E-state index < -0.39 is 0 Å². The monoisotopic (exact) mass is 450 g/mol. The lowest BCUT2D eigenvalue weighted by Crippen LogP contribution is -2.29. The zero-order valence-corrected chi connectivity index (χ0v) is 19.2. The van der Waals surface area contributed by atoms with Gasteiger partial charge in [0.15, 0.2) is 11.5 Å². The second-order valence-electron chi connectivity index (χ2n) is 8.08. The van der Waals surface area contributed by atoms with E-state index in [-0.39, 0.29) is 11.8 Å². The molecule has 2 amide bonds. The lowest BCUT2D eigenvalue weighted by atomic mass is 10.1. The Morgan fingerprint density at radius 3 is 2.45 bits per heavy atom. The highest BCUT2D eigenvalue weighted by Crippen LogP contribution is 2.36. The predicted octanol–water partition coefficient (Wildman–Crippen LogP) is 4.32. The zero-order valence-electron chi connectivity index (χ0n) is 19.2. The van der Waals surface area contributed by atoms with Gasteiger partial charge in [0.05, 0.1) is 23.9 Å². The van der Waals surface area contributed by atoms with E-state index in [0.717, 1.165) is 26.1 Å². The number of benzene rings is 2. The van der Waals surface area contributed by atoms with E-state index in [2.05, 4.69) is 4.90 Å². The van der Waals surface area contributed by atoms with E-state index in [1.54, 1.807) is 43.5 Å².